The van der Waals surface area contributed by atoms with E-state index in [1.54, 1.807) is 0 Å². The molecular formula is C28H33N3. The second-order valence-corrected chi connectivity index (χ2v) is 8.33. The molecule has 2 aromatic carbocycles. The van der Waals surface area contributed by atoms with Crippen molar-refractivity contribution in [1.82, 2.24) is 10.3 Å². The maximum absolute atomic E-state index is 8.25. The molecule has 0 radical (unpaired) electrons. The molecule has 1 heterocycles. The summed E-state index contributed by atoms with van der Waals surface area (Å²) in [5.41, 5.74) is 11.5. The standard InChI is InChI=1S/C28H33N3/c1-17-15-24(18(2)27(20(4)29)22(6)30-7)16-26-19(3)25(21(5)31-28(17)26)14-13-23-11-9-8-10-12-23/h8-12,15-16,29-30H,2,13-14H2,1,3-7H3/b27-22-,29-20?. The average Bonchev–Trinajstić information content (AvgIpc) is 2.74. The van der Waals surface area contributed by atoms with E-state index in [1.807, 2.05) is 20.9 Å². The van der Waals surface area contributed by atoms with Crippen LogP contribution in [0.1, 0.15) is 47.4 Å². The Morgan fingerprint density at radius 3 is 2.32 bits per heavy atom. The number of nitrogens with one attached hydrogen (secondary N) is 2. The van der Waals surface area contributed by atoms with Crippen molar-refractivity contribution in [2.45, 2.75) is 47.5 Å². The molecule has 160 valence electrons. The second-order valence-electron chi connectivity index (χ2n) is 8.33. The summed E-state index contributed by atoms with van der Waals surface area (Å²) in [6.07, 6.45) is 1.97. The number of allylic oxidation sites excluding steroid dienone is 3. The largest absolute Gasteiger partial charge is 0.391 e. The quantitative estimate of drug-likeness (QED) is 0.345. The lowest BCUT2D eigenvalue weighted by Gasteiger charge is -2.18. The summed E-state index contributed by atoms with van der Waals surface area (Å²) in [5, 5.41) is 12.6. The van der Waals surface area contributed by atoms with Gasteiger partial charge in [-0.05, 0) is 93.0 Å². The van der Waals surface area contributed by atoms with Gasteiger partial charge in [0, 0.05) is 35.1 Å². The molecule has 0 aliphatic heterocycles. The minimum absolute atomic E-state index is 0.511. The number of rotatable bonds is 7. The van der Waals surface area contributed by atoms with Crippen molar-refractivity contribution >= 4 is 22.2 Å². The predicted molar refractivity (Wildman–Crippen MR) is 134 cm³/mol. The van der Waals surface area contributed by atoms with Gasteiger partial charge < -0.3 is 10.7 Å². The number of nitrogens with zero attached hydrogens (tertiary/aromatic N) is 1. The van der Waals surface area contributed by atoms with Crippen molar-refractivity contribution in [1.29, 1.82) is 5.41 Å². The minimum atomic E-state index is 0.511. The van der Waals surface area contributed by atoms with Crippen molar-refractivity contribution in [2.75, 3.05) is 7.05 Å². The van der Waals surface area contributed by atoms with Crippen LogP contribution in [-0.4, -0.2) is 17.7 Å². The van der Waals surface area contributed by atoms with E-state index >= 15 is 0 Å². The molecule has 0 saturated carbocycles. The predicted octanol–water partition coefficient (Wildman–Crippen LogP) is 6.49. The molecule has 0 saturated heterocycles. The summed E-state index contributed by atoms with van der Waals surface area (Å²) < 4.78 is 0. The van der Waals surface area contributed by atoms with Crippen LogP contribution in [0.25, 0.3) is 16.5 Å². The summed E-state index contributed by atoms with van der Waals surface area (Å²) >= 11 is 0. The summed E-state index contributed by atoms with van der Waals surface area (Å²) in [4.78, 5) is 4.98. The van der Waals surface area contributed by atoms with Crippen molar-refractivity contribution in [3.8, 4) is 0 Å². The third-order valence-electron chi connectivity index (χ3n) is 6.16. The normalized spacial score (nSPS) is 11.9. The van der Waals surface area contributed by atoms with Crippen LogP contribution < -0.4 is 5.32 Å². The highest BCUT2D eigenvalue weighted by Crippen LogP contribution is 2.32. The van der Waals surface area contributed by atoms with E-state index in [4.69, 9.17) is 10.4 Å². The van der Waals surface area contributed by atoms with Gasteiger partial charge >= 0.3 is 0 Å². The summed E-state index contributed by atoms with van der Waals surface area (Å²) in [7, 11) is 1.88. The zero-order chi connectivity index (χ0) is 22.7. The average molecular weight is 412 g/mol. The lowest BCUT2D eigenvalue weighted by Crippen LogP contribution is -2.11. The van der Waals surface area contributed by atoms with Gasteiger partial charge in [-0.15, -0.1) is 0 Å². The fraction of sp³-hybridized carbons (Fsp3) is 0.286. The number of benzene rings is 2. The molecule has 3 aromatic rings. The van der Waals surface area contributed by atoms with Gasteiger partial charge in [0.1, 0.15) is 0 Å². The van der Waals surface area contributed by atoms with Crippen molar-refractivity contribution in [3.63, 3.8) is 0 Å². The van der Waals surface area contributed by atoms with Crippen molar-refractivity contribution in [2.24, 2.45) is 0 Å². The third-order valence-corrected chi connectivity index (χ3v) is 6.16. The lowest BCUT2D eigenvalue weighted by atomic mass is 9.90. The Kier molecular flexibility index (Phi) is 6.74. The van der Waals surface area contributed by atoms with E-state index in [9.17, 15) is 0 Å². The van der Waals surface area contributed by atoms with Gasteiger partial charge in [0.05, 0.1) is 5.52 Å². The smallest absolute Gasteiger partial charge is 0.0737 e. The summed E-state index contributed by atoms with van der Waals surface area (Å²) in [6, 6.07) is 15.0. The monoisotopic (exact) mass is 411 g/mol. The highest BCUT2D eigenvalue weighted by molar-refractivity contribution is 6.11. The number of hydrogen-bond acceptors (Lipinski definition) is 3. The first-order chi connectivity index (χ1) is 14.7. The molecule has 0 aliphatic rings. The van der Waals surface area contributed by atoms with Crippen molar-refractivity contribution in [3.05, 3.63) is 93.8 Å². The zero-order valence-electron chi connectivity index (χ0n) is 19.6. The number of pyridine rings is 1. The molecule has 0 aliphatic carbocycles. The molecule has 0 unspecified atom stereocenters. The zero-order valence-corrected chi connectivity index (χ0v) is 19.6. The number of aryl methyl sites for hydroxylation is 4. The highest BCUT2D eigenvalue weighted by Gasteiger charge is 2.16. The fourth-order valence-corrected chi connectivity index (χ4v) is 4.34. The summed E-state index contributed by atoms with van der Waals surface area (Å²) in [5.74, 6) is 0. The molecule has 2 N–H and O–H groups in total. The van der Waals surface area contributed by atoms with Gasteiger partial charge in [-0.3, -0.25) is 4.98 Å². The highest BCUT2D eigenvalue weighted by atomic mass is 14.8. The van der Waals surface area contributed by atoms with Crippen LogP contribution in [0, 0.1) is 26.2 Å². The SMILES string of the molecule is C=C(/C(C(C)=N)=C(\C)NC)c1cc(C)c2nc(C)c(CCc3ccccc3)c(C)c2c1. The Morgan fingerprint density at radius 1 is 1.03 bits per heavy atom. The van der Waals surface area contributed by atoms with Crippen LogP contribution in [0.2, 0.25) is 0 Å². The Balaban J connectivity index is 2.09. The van der Waals surface area contributed by atoms with Crippen LogP contribution in [0.4, 0.5) is 0 Å². The molecule has 3 heteroatoms. The van der Waals surface area contributed by atoms with Gasteiger partial charge in [-0.2, -0.15) is 0 Å². The van der Waals surface area contributed by atoms with E-state index in [2.05, 4.69) is 75.1 Å². The van der Waals surface area contributed by atoms with Gasteiger partial charge in [0.15, 0.2) is 0 Å². The summed E-state index contributed by atoms with van der Waals surface area (Å²) in [6.45, 7) is 14.6. The number of fused-ring (bicyclic) bond motifs is 1. The maximum Gasteiger partial charge on any atom is 0.0737 e. The van der Waals surface area contributed by atoms with Crippen LogP contribution in [0.15, 0.2) is 60.3 Å². The van der Waals surface area contributed by atoms with Crippen LogP contribution in [0.5, 0.6) is 0 Å². The first kappa shape index (κ1) is 22.5. The molecule has 0 spiro atoms. The first-order valence-corrected chi connectivity index (χ1v) is 10.8. The molecule has 1 aromatic heterocycles. The van der Waals surface area contributed by atoms with E-state index < -0.39 is 0 Å². The van der Waals surface area contributed by atoms with Crippen LogP contribution >= 0.6 is 0 Å². The van der Waals surface area contributed by atoms with Crippen LogP contribution in [-0.2, 0) is 12.8 Å². The minimum Gasteiger partial charge on any atom is -0.391 e. The van der Waals surface area contributed by atoms with Gasteiger partial charge in [-0.1, -0.05) is 36.9 Å². The topological polar surface area (TPSA) is 48.8 Å². The molecule has 3 nitrogen and oxygen atoms in total. The molecule has 0 fully saturated rings. The molecule has 0 atom stereocenters. The van der Waals surface area contributed by atoms with Gasteiger partial charge in [0.2, 0.25) is 0 Å². The number of hydrogen-bond donors (Lipinski definition) is 2. The van der Waals surface area contributed by atoms with E-state index in [-0.39, 0.29) is 0 Å². The van der Waals surface area contributed by atoms with E-state index in [0.29, 0.717) is 5.71 Å². The molecule has 0 amide bonds. The third kappa shape index (κ3) is 4.61. The lowest BCUT2D eigenvalue weighted by molar-refractivity contribution is 0.926. The van der Waals surface area contributed by atoms with Gasteiger partial charge in [0.25, 0.3) is 0 Å². The van der Waals surface area contributed by atoms with Crippen molar-refractivity contribution < 1.29 is 0 Å². The Morgan fingerprint density at radius 2 is 1.71 bits per heavy atom. The number of aromatic nitrogens is 1. The Labute approximate surface area is 186 Å². The Hall–Kier alpha value is -3.20. The van der Waals surface area contributed by atoms with E-state index in [1.165, 1.54) is 22.1 Å². The first-order valence-electron chi connectivity index (χ1n) is 10.8. The molecule has 0 bridgehead atoms. The maximum atomic E-state index is 8.25. The van der Waals surface area contributed by atoms with Gasteiger partial charge in [-0.25, -0.2) is 0 Å². The van der Waals surface area contributed by atoms with Crippen LogP contribution in [0.3, 0.4) is 0 Å². The second kappa shape index (κ2) is 9.30. The Bertz CT molecular complexity index is 1180. The molecule has 3 rings (SSSR count). The fourth-order valence-electron chi connectivity index (χ4n) is 4.34. The molecule has 31 heavy (non-hydrogen) atoms. The molecular weight excluding hydrogens is 378 g/mol. The van der Waals surface area contributed by atoms with E-state index in [0.717, 1.165) is 52.0 Å².